The van der Waals surface area contributed by atoms with Crippen molar-refractivity contribution in [3.05, 3.63) is 77.3 Å². The highest BCUT2D eigenvalue weighted by Crippen LogP contribution is 2.37. The molecule has 0 bridgehead atoms. The summed E-state index contributed by atoms with van der Waals surface area (Å²) in [6, 6.07) is 22.8. The third kappa shape index (κ3) is 3.36. The van der Waals surface area contributed by atoms with Gasteiger partial charge in [0, 0.05) is 51.2 Å². The lowest BCUT2D eigenvalue weighted by molar-refractivity contribution is 0.174. The molecule has 6 nitrogen and oxygen atoms in total. The van der Waals surface area contributed by atoms with Crippen molar-refractivity contribution >= 4 is 44.4 Å². The molecule has 0 radical (unpaired) electrons. The number of rotatable bonds is 5. The number of hydrogen-bond acceptors (Lipinski definition) is 6. The van der Waals surface area contributed by atoms with Crippen molar-refractivity contribution in [1.29, 1.82) is 5.26 Å². The maximum atomic E-state index is 9.78. The van der Waals surface area contributed by atoms with E-state index >= 15 is 0 Å². The fourth-order valence-electron chi connectivity index (χ4n) is 4.37. The Hall–Kier alpha value is -4.28. The van der Waals surface area contributed by atoms with Crippen LogP contribution in [0, 0.1) is 11.3 Å². The summed E-state index contributed by atoms with van der Waals surface area (Å²) in [7, 11) is 0. The lowest BCUT2D eigenvalue weighted by Crippen LogP contribution is -1.94. The van der Waals surface area contributed by atoms with E-state index in [1.165, 1.54) is 33.1 Å². The van der Waals surface area contributed by atoms with Gasteiger partial charge in [0.15, 0.2) is 11.5 Å². The van der Waals surface area contributed by atoms with Crippen molar-refractivity contribution in [3.8, 4) is 28.8 Å². The fourth-order valence-corrected chi connectivity index (χ4v) is 5.16. The summed E-state index contributed by atoms with van der Waals surface area (Å²) in [4.78, 5) is 4.68. The van der Waals surface area contributed by atoms with Crippen LogP contribution in [0.4, 0.5) is 5.69 Å². The fraction of sp³-hybridized carbons (Fsp3) is 0.111. The van der Waals surface area contributed by atoms with E-state index in [2.05, 4.69) is 64.3 Å². The Morgan fingerprint density at radius 2 is 1.94 bits per heavy atom. The predicted molar refractivity (Wildman–Crippen MR) is 136 cm³/mol. The summed E-state index contributed by atoms with van der Waals surface area (Å²) in [6.07, 6.45) is 1.72. The standard InChI is InChI=1S/C27H20N4O2S/c1-2-31-23-6-4-3-5-20(23)21-12-19(8-9-24(21)31)29-14-18(13-28)27-30-22(15-34-27)17-7-10-25-26(11-17)33-16-32-25/h3-12,14-15,29H,2,16H2,1H3/b18-14+. The second kappa shape index (κ2) is 8.25. The number of thiazole rings is 1. The van der Waals surface area contributed by atoms with E-state index in [4.69, 9.17) is 9.47 Å². The van der Waals surface area contributed by atoms with Crippen LogP contribution in [-0.2, 0) is 6.54 Å². The predicted octanol–water partition coefficient (Wildman–Crippen LogP) is 6.64. The van der Waals surface area contributed by atoms with Gasteiger partial charge in [-0.05, 0) is 49.4 Å². The number of hydrogen-bond donors (Lipinski definition) is 1. The van der Waals surface area contributed by atoms with Gasteiger partial charge < -0.3 is 19.4 Å². The topological polar surface area (TPSA) is 72.1 Å². The number of allylic oxidation sites excluding steroid dienone is 1. The summed E-state index contributed by atoms with van der Waals surface area (Å²) >= 11 is 1.44. The van der Waals surface area contributed by atoms with E-state index in [9.17, 15) is 5.26 Å². The molecule has 0 unspecified atom stereocenters. The highest BCUT2D eigenvalue weighted by Gasteiger charge is 2.16. The lowest BCUT2D eigenvalue weighted by Gasteiger charge is -2.05. The first-order valence-corrected chi connectivity index (χ1v) is 11.9. The molecule has 3 heterocycles. The van der Waals surface area contributed by atoms with Crippen molar-refractivity contribution < 1.29 is 9.47 Å². The van der Waals surface area contributed by atoms with Gasteiger partial charge in [0.2, 0.25) is 6.79 Å². The molecule has 34 heavy (non-hydrogen) atoms. The number of para-hydroxylation sites is 1. The molecular formula is C27H20N4O2S. The summed E-state index contributed by atoms with van der Waals surface area (Å²) in [6.45, 7) is 3.30. The van der Waals surface area contributed by atoms with E-state index in [1.807, 2.05) is 29.6 Å². The van der Waals surface area contributed by atoms with Crippen molar-refractivity contribution in [2.45, 2.75) is 13.5 Å². The van der Waals surface area contributed by atoms with Crippen LogP contribution in [0.1, 0.15) is 11.9 Å². The van der Waals surface area contributed by atoms with Gasteiger partial charge in [-0.15, -0.1) is 11.3 Å². The highest BCUT2D eigenvalue weighted by atomic mass is 32.1. The van der Waals surface area contributed by atoms with Gasteiger partial charge in [-0.3, -0.25) is 0 Å². The number of anilines is 1. The molecule has 0 atom stereocenters. The number of aromatic nitrogens is 2. The highest BCUT2D eigenvalue weighted by molar-refractivity contribution is 7.11. The maximum Gasteiger partial charge on any atom is 0.231 e. The average Bonchev–Trinajstić information content (AvgIpc) is 3.61. The Labute approximate surface area is 200 Å². The number of nitrogens with zero attached hydrogens (tertiary/aromatic N) is 3. The Balaban J connectivity index is 1.30. The van der Waals surface area contributed by atoms with Gasteiger partial charge in [0.1, 0.15) is 16.6 Å². The summed E-state index contributed by atoms with van der Waals surface area (Å²) < 4.78 is 13.2. The first kappa shape index (κ1) is 20.3. The molecule has 1 N–H and O–H groups in total. The third-order valence-corrected chi connectivity index (χ3v) is 6.87. The minimum Gasteiger partial charge on any atom is -0.454 e. The molecule has 0 spiro atoms. The Kier molecular flexibility index (Phi) is 4.93. The Morgan fingerprint density at radius 1 is 1.09 bits per heavy atom. The smallest absolute Gasteiger partial charge is 0.231 e. The van der Waals surface area contributed by atoms with Crippen LogP contribution in [0.2, 0.25) is 0 Å². The van der Waals surface area contributed by atoms with E-state index in [0.717, 1.165) is 29.2 Å². The number of benzene rings is 3. The molecule has 166 valence electrons. The van der Waals surface area contributed by atoms with Crippen LogP contribution < -0.4 is 14.8 Å². The molecule has 0 saturated heterocycles. The molecule has 0 saturated carbocycles. The first-order valence-electron chi connectivity index (χ1n) is 11.0. The van der Waals surface area contributed by atoms with Gasteiger partial charge >= 0.3 is 0 Å². The number of nitriles is 1. The monoisotopic (exact) mass is 464 g/mol. The van der Waals surface area contributed by atoms with Crippen LogP contribution in [0.5, 0.6) is 11.5 Å². The van der Waals surface area contributed by atoms with Crippen molar-refractivity contribution in [1.82, 2.24) is 9.55 Å². The molecule has 2 aromatic heterocycles. The zero-order valence-electron chi connectivity index (χ0n) is 18.4. The number of ether oxygens (including phenoxy) is 2. The van der Waals surface area contributed by atoms with Crippen LogP contribution in [-0.4, -0.2) is 16.3 Å². The zero-order chi connectivity index (χ0) is 23.1. The molecule has 6 rings (SSSR count). The molecule has 1 aliphatic heterocycles. The minimum absolute atomic E-state index is 0.235. The summed E-state index contributed by atoms with van der Waals surface area (Å²) in [5.74, 6) is 1.45. The van der Waals surface area contributed by atoms with Gasteiger partial charge in [-0.25, -0.2) is 4.98 Å². The number of fused-ring (bicyclic) bond motifs is 4. The molecule has 0 fully saturated rings. The van der Waals surface area contributed by atoms with Crippen LogP contribution >= 0.6 is 11.3 Å². The van der Waals surface area contributed by atoms with E-state index in [0.29, 0.717) is 16.3 Å². The summed E-state index contributed by atoms with van der Waals surface area (Å²) in [5.41, 5.74) is 5.55. The molecule has 5 aromatic rings. The molecule has 1 aliphatic rings. The van der Waals surface area contributed by atoms with Crippen LogP contribution in [0.25, 0.3) is 38.6 Å². The first-order chi connectivity index (χ1) is 16.7. The molecular weight excluding hydrogens is 444 g/mol. The van der Waals surface area contributed by atoms with Gasteiger partial charge in [0.25, 0.3) is 0 Å². The van der Waals surface area contributed by atoms with Gasteiger partial charge in [-0.2, -0.15) is 5.26 Å². The van der Waals surface area contributed by atoms with Crippen molar-refractivity contribution in [2.75, 3.05) is 12.1 Å². The SMILES string of the molecule is CCn1c2ccccc2c2cc(N/C=C(\C#N)c3nc(-c4ccc5c(c4)OCO5)cs3)ccc21. The number of nitrogens with one attached hydrogen (secondary N) is 1. The van der Waals surface area contributed by atoms with E-state index in [-0.39, 0.29) is 6.79 Å². The van der Waals surface area contributed by atoms with Crippen molar-refractivity contribution in [3.63, 3.8) is 0 Å². The van der Waals surface area contributed by atoms with Crippen molar-refractivity contribution in [2.24, 2.45) is 0 Å². The minimum atomic E-state index is 0.235. The third-order valence-electron chi connectivity index (χ3n) is 6.00. The quantitative estimate of drug-likeness (QED) is 0.295. The zero-order valence-corrected chi connectivity index (χ0v) is 19.2. The van der Waals surface area contributed by atoms with Gasteiger partial charge in [-0.1, -0.05) is 18.2 Å². The maximum absolute atomic E-state index is 9.78. The Morgan fingerprint density at radius 3 is 2.82 bits per heavy atom. The van der Waals surface area contributed by atoms with E-state index < -0.39 is 0 Å². The molecule has 0 aliphatic carbocycles. The normalized spacial score (nSPS) is 12.9. The largest absolute Gasteiger partial charge is 0.454 e. The van der Waals surface area contributed by atoms with Crippen LogP contribution in [0.3, 0.4) is 0 Å². The number of aryl methyl sites for hydroxylation is 1. The van der Waals surface area contributed by atoms with E-state index in [1.54, 1.807) is 6.20 Å². The summed E-state index contributed by atoms with van der Waals surface area (Å²) in [5, 5.41) is 18.1. The second-order valence-electron chi connectivity index (χ2n) is 7.91. The Bertz CT molecular complexity index is 1620. The molecule has 0 amide bonds. The molecule has 7 heteroatoms. The average molecular weight is 465 g/mol. The second-order valence-corrected chi connectivity index (χ2v) is 8.77. The molecule has 3 aromatic carbocycles. The van der Waals surface area contributed by atoms with Gasteiger partial charge in [0.05, 0.1) is 5.69 Å². The lowest BCUT2D eigenvalue weighted by atomic mass is 10.1. The van der Waals surface area contributed by atoms with Crippen LogP contribution in [0.15, 0.2) is 72.2 Å².